The average molecular weight is 297 g/mol. The second-order valence-electron chi connectivity index (χ2n) is 4.39. The predicted molar refractivity (Wildman–Crippen MR) is 73.2 cm³/mol. The van der Waals surface area contributed by atoms with E-state index in [-0.39, 0.29) is 6.61 Å². The molecule has 0 aliphatic rings. The maximum Gasteiger partial charge on any atom is 0.416 e. The van der Waals surface area contributed by atoms with Gasteiger partial charge in [-0.05, 0) is 29.8 Å². The number of halogens is 3. The van der Waals surface area contributed by atoms with Crippen LogP contribution in [0.4, 0.5) is 18.9 Å². The van der Waals surface area contributed by atoms with E-state index in [0.29, 0.717) is 22.7 Å². The topological polar surface area (TPSA) is 44.5 Å². The van der Waals surface area contributed by atoms with E-state index in [1.165, 1.54) is 19.2 Å². The molecule has 0 aromatic heterocycles. The zero-order valence-corrected chi connectivity index (χ0v) is 11.3. The Hall–Kier alpha value is -2.37. The third kappa shape index (κ3) is 3.81. The number of methoxy groups -OCH3 is 1. The molecule has 0 aliphatic heterocycles. The minimum atomic E-state index is -4.33. The van der Waals surface area contributed by atoms with E-state index in [2.05, 4.69) is 0 Å². The largest absolute Gasteiger partial charge is 0.493 e. The summed E-state index contributed by atoms with van der Waals surface area (Å²) in [7, 11) is 1.49. The summed E-state index contributed by atoms with van der Waals surface area (Å²) in [4.78, 5) is 0. The highest BCUT2D eigenvalue weighted by Gasteiger charge is 2.29. The lowest BCUT2D eigenvalue weighted by atomic mass is 10.1. The molecule has 2 N–H and O–H groups in total. The van der Waals surface area contributed by atoms with Crippen LogP contribution in [0.5, 0.6) is 11.5 Å². The Morgan fingerprint density at radius 1 is 1.00 bits per heavy atom. The van der Waals surface area contributed by atoms with Gasteiger partial charge in [0.1, 0.15) is 6.61 Å². The molecule has 2 rings (SSSR count). The molecule has 0 unspecified atom stereocenters. The van der Waals surface area contributed by atoms with E-state index in [1.807, 2.05) is 0 Å². The molecule has 0 fully saturated rings. The van der Waals surface area contributed by atoms with Crippen LogP contribution in [0.25, 0.3) is 0 Å². The summed E-state index contributed by atoms with van der Waals surface area (Å²) in [6.45, 7) is 0.137. The molecule has 21 heavy (non-hydrogen) atoms. The molecule has 0 atom stereocenters. The second kappa shape index (κ2) is 5.95. The Kier molecular flexibility index (Phi) is 4.26. The number of benzene rings is 2. The van der Waals surface area contributed by atoms with Gasteiger partial charge in [0.25, 0.3) is 0 Å². The van der Waals surface area contributed by atoms with Crippen molar-refractivity contribution in [3.8, 4) is 11.5 Å². The van der Waals surface area contributed by atoms with E-state index in [1.54, 1.807) is 18.2 Å². The molecule has 3 nitrogen and oxygen atoms in total. The Morgan fingerprint density at radius 2 is 1.67 bits per heavy atom. The van der Waals surface area contributed by atoms with Crippen molar-refractivity contribution in [3.63, 3.8) is 0 Å². The molecule has 0 heterocycles. The first-order valence-corrected chi connectivity index (χ1v) is 6.12. The van der Waals surface area contributed by atoms with Gasteiger partial charge in [-0.3, -0.25) is 0 Å². The van der Waals surface area contributed by atoms with Crippen molar-refractivity contribution >= 4 is 5.69 Å². The zero-order valence-electron chi connectivity index (χ0n) is 11.3. The SMILES string of the molecule is COc1cc(N)ccc1OCc1ccc(C(F)(F)F)cc1. The molecular weight excluding hydrogens is 283 g/mol. The fraction of sp³-hybridized carbons (Fsp3) is 0.200. The van der Waals surface area contributed by atoms with Gasteiger partial charge in [0.2, 0.25) is 0 Å². The molecule has 0 amide bonds. The lowest BCUT2D eigenvalue weighted by Crippen LogP contribution is -2.05. The fourth-order valence-electron chi connectivity index (χ4n) is 1.75. The Morgan fingerprint density at radius 3 is 2.24 bits per heavy atom. The van der Waals surface area contributed by atoms with Crippen molar-refractivity contribution in [3.05, 3.63) is 53.6 Å². The quantitative estimate of drug-likeness (QED) is 0.871. The summed E-state index contributed by atoms with van der Waals surface area (Å²) in [6.07, 6.45) is -4.33. The smallest absolute Gasteiger partial charge is 0.416 e. The summed E-state index contributed by atoms with van der Waals surface area (Å²) < 4.78 is 48.0. The van der Waals surface area contributed by atoms with Crippen molar-refractivity contribution in [2.24, 2.45) is 0 Å². The standard InChI is InChI=1S/C15H14F3NO2/c1-20-14-8-12(19)6-7-13(14)21-9-10-2-4-11(5-3-10)15(16,17)18/h2-8H,9,19H2,1H3. The van der Waals surface area contributed by atoms with Crippen LogP contribution in [0, 0.1) is 0 Å². The number of hydrogen-bond donors (Lipinski definition) is 1. The molecule has 0 bridgehead atoms. The number of nitrogen functional groups attached to an aromatic ring is 1. The maximum absolute atomic E-state index is 12.4. The first-order chi connectivity index (χ1) is 9.90. The summed E-state index contributed by atoms with van der Waals surface area (Å²) in [6, 6.07) is 9.74. The van der Waals surface area contributed by atoms with Crippen LogP contribution in [0.3, 0.4) is 0 Å². The van der Waals surface area contributed by atoms with Crippen molar-refractivity contribution in [1.82, 2.24) is 0 Å². The van der Waals surface area contributed by atoms with Gasteiger partial charge in [0, 0.05) is 11.8 Å². The molecule has 2 aromatic rings. The first-order valence-electron chi connectivity index (χ1n) is 6.12. The molecular formula is C15H14F3NO2. The van der Waals surface area contributed by atoms with Gasteiger partial charge in [-0.1, -0.05) is 12.1 Å². The van der Waals surface area contributed by atoms with Crippen LogP contribution >= 0.6 is 0 Å². The van der Waals surface area contributed by atoms with Gasteiger partial charge >= 0.3 is 6.18 Å². The van der Waals surface area contributed by atoms with Crippen LogP contribution in [0.1, 0.15) is 11.1 Å². The van der Waals surface area contributed by atoms with E-state index in [0.717, 1.165) is 12.1 Å². The lowest BCUT2D eigenvalue weighted by Gasteiger charge is -2.12. The summed E-state index contributed by atoms with van der Waals surface area (Å²) >= 11 is 0. The second-order valence-corrected chi connectivity index (χ2v) is 4.39. The molecule has 112 valence electrons. The minimum Gasteiger partial charge on any atom is -0.493 e. The fourth-order valence-corrected chi connectivity index (χ4v) is 1.75. The van der Waals surface area contributed by atoms with E-state index < -0.39 is 11.7 Å². The third-order valence-electron chi connectivity index (χ3n) is 2.86. The highest BCUT2D eigenvalue weighted by atomic mass is 19.4. The molecule has 2 aromatic carbocycles. The summed E-state index contributed by atoms with van der Waals surface area (Å²) in [5, 5.41) is 0. The van der Waals surface area contributed by atoms with E-state index in [9.17, 15) is 13.2 Å². The maximum atomic E-state index is 12.4. The normalized spacial score (nSPS) is 11.2. The van der Waals surface area contributed by atoms with Gasteiger partial charge in [-0.2, -0.15) is 13.2 Å². The van der Waals surface area contributed by atoms with Crippen molar-refractivity contribution in [2.45, 2.75) is 12.8 Å². The number of anilines is 1. The molecule has 0 saturated carbocycles. The van der Waals surface area contributed by atoms with Crippen molar-refractivity contribution in [1.29, 1.82) is 0 Å². The summed E-state index contributed by atoms with van der Waals surface area (Å²) in [5.74, 6) is 0.952. The highest BCUT2D eigenvalue weighted by molar-refractivity contribution is 5.51. The van der Waals surface area contributed by atoms with Gasteiger partial charge in [-0.25, -0.2) is 0 Å². The first kappa shape index (κ1) is 15.0. The van der Waals surface area contributed by atoms with Crippen molar-refractivity contribution in [2.75, 3.05) is 12.8 Å². The average Bonchev–Trinajstić information content (AvgIpc) is 2.45. The van der Waals surface area contributed by atoms with Gasteiger partial charge in [0.15, 0.2) is 11.5 Å². The zero-order chi connectivity index (χ0) is 15.5. The summed E-state index contributed by atoms with van der Waals surface area (Å²) in [5.41, 5.74) is 6.10. The lowest BCUT2D eigenvalue weighted by molar-refractivity contribution is -0.137. The number of ether oxygens (including phenoxy) is 2. The Balaban J connectivity index is 2.07. The molecule has 0 saturated heterocycles. The number of alkyl halides is 3. The van der Waals surface area contributed by atoms with E-state index >= 15 is 0 Å². The van der Waals surface area contributed by atoms with Crippen LogP contribution in [0.15, 0.2) is 42.5 Å². The van der Waals surface area contributed by atoms with Gasteiger partial charge in [0.05, 0.1) is 12.7 Å². The third-order valence-corrected chi connectivity index (χ3v) is 2.86. The van der Waals surface area contributed by atoms with Crippen LogP contribution in [-0.2, 0) is 12.8 Å². The Bertz CT molecular complexity index is 609. The number of nitrogens with two attached hydrogens (primary N) is 1. The highest BCUT2D eigenvalue weighted by Crippen LogP contribution is 2.31. The van der Waals surface area contributed by atoms with Crippen LogP contribution < -0.4 is 15.2 Å². The van der Waals surface area contributed by atoms with Crippen LogP contribution in [-0.4, -0.2) is 7.11 Å². The van der Waals surface area contributed by atoms with Gasteiger partial charge in [-0.15, -0.1) is 0 Å². The van der Waals surface area contributed by atoms with Gasteiger partial charge < -0.3 is 15.2 Å². The molecule has 0 radical (unpaired) electrons. The monoisotopic (exact) mass is 297 g/mol. The minimum absolute atomic E-state index is 0.137. The molecule has 0 aliphatic carbocycles. The number of rotatable bonds is 4. The Labute approximate surface area is 120 Å². The molecule has 0 spiro atoms. The molecule has 6 heteroatoms. The van der Waals surface area contributed by atoms with Crippen LogP contribution in [0.2, 0.25) is 0 Å². The van der Waals surface area contributed by atoms with Crippen molar-refractivity contribution < 1.29 is 22.6 Å². The number of hydrogen-bond acceptors (Lipinski definition) is 3. The van der Waals surface area contributed by atoms with E-state index in [4.69, 9.17) is 15.2 Å². The predicted octanol–water partition coefficient (Wildman–Crippen LogP) is 3.88.